The summed E-state index contributed by atoms with van der Waals surface area (Å²) in [5.74, 6) is 1.12. The first kappa shape index (κ1) is 28.5. The summed E-state index contributed by atoms with van der Waals surface area (Å²) in [6, 6.07) is 40.0. The molecule has 0 radical (unpaired) electrons. The molecule has 10 heteroatoms. The Morgan fingerprint density at radius 2 is 0.458 bits per heavy atom. The number of aromatic nitrogens is 10. The molecule has 0 bridgehead atoms. The molecule has 0 aliphatic carbocycles. The van der Waals surface area contributed by atoms with Crippen molar-refractivity contribution < 1.29 is 0 Å². The van der Waals surface area contributed by atoms with E-state index in [1.165, 1.54) is 0 Å². The predicted octanol–water partition coefficient (Wildman–Crippen LogP) is 7.31. The van der Waals surface area contributed by atoms with Crippen molar-refractivity contribution in [1.82, 2.24) is 49.8 Å². The van der Waals surface area contributed by atoms with Crippen molar-refractivity contribution in [3.63, 3.8) is 0 Å². The summed E-state index contributed by atoms with van der Waals surface area (Å²) < 4.78 is 0. The second-order valence-electron chi connectivity index (χ2n) is 10.6. The third kappa shape index (κ3) is 6.01. The molecule has 8 rings (SSSR count). The highest BCUT2D eigenvalue weighted by Crippen LogP contribution is 2.27. The summed E-state index contributed by atoms with van der Waals surface area (Å²) in [5.41, 5.74) is 7.45. The minimum absolute atomic E-state index is 0.368. The van der Waals surface area contributed by atoms with Crippen molar-refractivity contribution in [3.05, 3.63) is 146 Å². The first-order chi connectivity index (χ1) is 23.8. The molecule has 0 unspecified atom stereocenters. The lowest BCUT2D eigenvalue weighted by Gasteiger charge is -2.10. The number of pyridine rings is 7. The fraction of sp³-hybridized carbons (Fsp3) is 0. The lowest BCUT2D eigenvalue weighted by molar-refractivity contribution is 1.03. The van der Waals surface area contributed by atoms with E-state index >= 15 is 0 Å². The van der Waals surface area contributed by atoms with Crippen molar-refractivity contribution in [2.75, 3.05) is 0 Å². The van der Waals surface area contributed by atoms with Gasteiger partial charge in [-0.25, -0.2) is 34.9 Å². The Balaban J connectivity index is 1.25. The maximum Gasteiger partial charge on any atom is 0.182 e. The molecule has 226 valence electrons. The number of rotatable bonds is 7. The molecule has 48 heavy (non-hydrogen) atoms. The van der Waals surface area contributed by atoms with Crippen molar-refractivity contribution in [2.45, 2.75) is 0 Å². The highest BCUT2D eigenvalue weighted by molar-refractivity contribution is 5.68. The van der Waals surface area contributed by atoms with Gasteiger partial charge >= 0.3 is 0 Å². The smallest absolute Gasteiger partial charge is 0.182 e. The quantitative estimate of drug-likeness (QED) is 0.179. The highest BCUT2D eigenvalue weighted by atomic mass is 15.1. The van der Waals surface area contributed by atoms with Crippen LogP contribution in [0, 0.1) is 0 Å². The zero-order valence-corrected chi connectivity index (χ0v) is 25.3. The van der Waals surface area contributed by atoms with E-state index in [2.05, 4.69) is 15.0 Å². The highest BCUT2D eigenvalue weighted by Gasteiger charge is 2.17. The van der Waals surface area contributed by atoms with Crippen LogP contribution in [0.2, 0.25) is 0 Å². The summed E-state index contributed by atoms with van der Waals surface area (Å²) >= 11 is 0. The molecule has 8 aromatic heterocycles. The van der Waals surface area contributed by atoms with E-state index < -0.39 is 0 Å². The summed E-state index contributed by atoms with van der Waals surface area (Å²) in [6.45, 7) is 0. The van der Waals surface area contributed by atoms with Crippen LogP contribution in [0.3, 0.4) is 0 Å². The second kappa shape index (κ2) is 12.8. The lowest BCUT2D eigenvalue weighted by Crippen LogP contribution is -2.04. The standard InChI is InChI=1S/C38H24N10/c1-4-22-39-25(11-1)28-14-7-17-31(42-28)32-18-10-21-35(45-32)38-47-36(33-19-8-15-29(43-33)26-12-2-5-23-40-26)46-37(48-38)34-20-9-16-30(44-34)27-13-3-6-24-41-27/h1-24H. The van der Waals surface area contributed by atoms with Crippen LogP contribution in [0.25, 0.3) is 80.1 Å². The van der Waals surface area contributed by atoms with Crippen LogP contribution in [0.1, 0.15) is 0 Å². The van der Waals surface area contributed by atoms with Gasteiger partial charge in [0.1, 0.15) is 17.1 Å². The van der Waals surface area contributed by atoms with Gasteiger partial charge in [0.05, 0.1) is 45.6 Å². The fourth-order valence-corrected chi connectivity index (χ4v) is 5.09. The van der Waals surface area contributed by atoms with E-state index in [1.54, 1.807) is 18.6 Å². The van der Waals surface area contributed by atoms with Gasteiger partial charge < -0.3 is 0 Å². The van der Waals surface area contributed by atoms with Crippen molar-refractivity contribution >= 4 is 0 Å². The van der Waals surface area contributed by atoms with Gasteiger partial charge in [-0.1, -0.05) is 42.5 Å². The predicted molar refractivity (Wildman–Crippen MR) is 182 cm³/mol. The Kier molecular flexibility index (Phi) is 7.62. The van der Waals surface area contributed by atoms with Crippen LogP contribution in [-0.2, 0) is 0 Å². The SMILES string of the molecule is c1ccc(-c2cccc(-c3cccc(-c4nc(-c5cccc(-c6ccccn6)n5)nc(-c5cccc(-c6ccccn6)n5)n4)n3)n2)nc1. The molecule has 0 saturated carbocycles. The number of hydrogen-bond donors (Lipinski definition) is 0. The molecule has 0 fully saturated rings. The van der Waals surface area contributed by atoms with E-state index in [9.17, 15) is 0 Å². The molecule has 10 nitrogen and oxygen atoms in total. The van der Waals surface area contributed by atoms with E-state index in [0.29, 0.717) is 57.3 Å². The van der Waals surface area contributed by atoms with Gasteiger partial charge in [0.15, 0.2) is 17.5 Å². The molecule has 0 aliphatic heterocycles. The maximum atomic E-state index is 4.95. The number of hydrogen-bond acceptors (Lipinski definition) is 10. The molecule has 8 heterocycles. The molecule has 0 aliphatic rings. The Morgan fingerprint density at radius 3 is 0.750 bits per heavy atom. The van der Waals surface area contributed by atoms with E-state index in [0.717, 1.165) is 22.8 Å². The molecule has 0 atom stereocenters. The molecule has 0 aromatic carbocycles. The van der Waals surface area contributed by atoms with Crippen molar-refractivity contribution in [2.24, 2.45) is 0 Å². The van der Waals surface area contributed by atoms with Crippen LogP contribution in [0.4, 0.5) is 0 Å². The Labute approximate surface area is 275 Å². The molecule has 0 amide bonds. The van der Waals surface area contributed by atoms with Gasteiger partial charge in [0.2, 0.25) is 0 Å². The monoisotopic (exact) mass is 620 g/mol. The second-order valence-corrected chi connectivity index (χ2v) is 10.6. The first-order valence-electron chi connectivity index (χ1n) is 15.2. The lowest BCUT2D eigenvalue weighted by atomic mass is 10.2. The van der Waals surface area contributed by atoms with E-state index in [4.69, 9.17) is 34.9 Å². The minimum Gasteiger partial charge on any atom is -0.255 e. The molecule has 0 N–H and O–H groups in total. The fourth-order valence-electron chi connectivity index (χ4n) is 5.09. The first-order valence-corrected chi connectivity index (χ1v) is 15.2. The third-order valence-corrected chi connectivity index (χ3v) is 7.36. The summed E-state index contributed by atoms with van der Waals surface area (Å²) in [5, 5.41) is 0. The normalized spacial score (nSPS) is 10.9. The minimum atomic E-state index is 0.368. The van der Waals surface area contributed by atoms with Crippen LogP contribution < -0.4 is 0 Å². The Hall–Kier alpha value is -6.94. The third-order valence-electron chi connectivity index (χ3n) is 7.36. The van der Waals surface area contributed by atoms with E-state index in [1.807, 2.05) is 127 Å². The van der Waals surface area contributed by atoms with Crippen LogP contribution in [-0.4, -0.2) is 49.8 Å². The van der Waals surface area contributed by atoms with Gasteiger partial charge in [-0.15, -0.1) is 0 Å². The molecule has 8 aromatic rings. The van der Waals surface area contributed by atoms with Gasteiger partial charge in [0, 0.05) is 18.6 Å². The van der Waals surface area contributed by atoms with Gasteiger partial charge in [-0.05, 0) is 84.9 Å². The van der Waals surface area contributed by atoms with Crippen LogP contribution in [0.15, 0.2) is 146 Å². The summed E-state index contributed by atoms with van der Waals surface area (Å²) in [7, 11) is 0. The maximum absolute atomic E-state index is 4.95. The van der Waals surface area contributed by atoms with Gasteiger partial charge in [0.25, 0.3) is 0 Å². The zero-order valence-electron chi connectivity index (χ0n) is 25.3. The van der Waals surface area contributed by atoms with Crippen molar-refractivity contribution in [3.8, 4) is 80.1 Å². The van der Waals surface area contributed by atoms with Gasteiger partial charge in [-0.2, -0.15) is 0 Å². The Bertz CT molecular complexity index is 2250. The summed E-state index contributed by atoms with van der Waals surface area (Å²) in [4.78, 5) is 47.5. The molecule has 0 saturated heterocycles. The van der Waals surface area contributed by atoms with Crippen molar-refractivity contribution in [1.29, 1.82) is 0 Å². The summed E-state index contributed by atoms with van der Waals surface area (Å²) in [6.07, 6.45) is 5.23. The molecular formula is C38H24N10. The zero-order chi connectivity index (χ0) is 32.1. The largest absolute Gasteiger partial charge is 0.255 e. The Morgan fingerprint density at radius 1 is 0.208 bits per heavy atom. The van der Waals surface area contributed by atoms with Gasteiger partial charge in [-0.3, -0.25) is 15.0 Å². The average molecular weight is 621 g/mol. The number of nitrogens with zero attached hydrogens (tertiary/aromatic N) is 10. The molecular weight excluding hydrogens is 596 g/mol. The topological polar surface area (TPSA) is 129 Å². The van der Waals surface area contributed by atoms with Crippen LogP contribution >= 0.6 is 0 Å². The molecule has 0 spiro atoms. The van der Waals surface area contributed by atoms with Crippen LogP contribution in [0.5, 0.6) is 0 Å². The van der Waals surface area contributed by atoms with E-state index in [-0.39, 0.29) is 0 Å². The average Bonchev–Trinajstić information content (AvgIpc) is 3.19.